The van der Waals surface area contributed by atoms with Crippen molar-refractivity contribution in [1.82, 2.24) is 19.4 Å². The molecule has 1 aromatic carbocycles. The topological polar surface area (TPSA) is 168 Å². The molecule has 2 aliphatic heterocycles. The molecule has 218 valence electrons. The molecule has 42 heavy (non-hydrogen) atoms. The number of anilines is 2. The number of nitrogens with two attached hydrogens (primary N) is 1. The lowest BCUT2D eigenvalue weighted by atomic mass is 9.73. The fraction of sp³-hybridized carbons (Fsp3) is 0.321. The molecule has 2 atom stereocenters. The monoisotopic (exact) mass is 609 g/mol. The van der Waals surface area contributed by atoms with Gasteiger partial charge in [-0.1, -0.05) is 35.5 Å². The maximum Gasteiger partial charge on any atom is 0.291 e. The summed E-state index contributed by atoms with van der Waals surface area (Å²) in [6.07, 6.45) is 4.69. The van der Waals surface area contributed by atoms with Gasteiger partial charge in [-0.2, -0.15) is 4.98 Å². The van der Waals surface area contributed by atoms with Gasteiger partial charge >= 0.3 is 0 Å². The molecule has 1 spiro atoms. The Balaban J connectivity index is 1.17. The zero-order chi connectivity index (χ0) is 29.6. The van der Waals surface area contributed by atoms with E-state index in [1.807, 2.05) is 11.8 Å². The first-order valence-corrected chi connectivity index (χ1v) is 14.6. The van der Waals surface area contributed by atoms with Gasteiger partial charge in [0.2, 0.25) is 5.88 Å². The first-order chi connectivity index (χ1) is 20.2. The van der Waals surface area contributed by atoms with Crippen molar-refractivity contribution in [2.24, 2.45) is 11.1 Å². The van der Waals surface area contributed by atoms with Crippen molar-refractivity contribution >= 4 is 46.4 Å². The molecule has 2 aliphatic rings. The fourth-order valence-electron chi connectivity index (χ4n) is 5.56. The van der Waals surface area contributed by atoms with Crippen molar-refractivity contribution in [3.05, 3.63) is 80.1 Å². The van der Waals surface area contributed by atoms with Crippen LogP contribution >= 0.6 is 23.4 Å². The molecule has 1 amide bonds. The number of hydrogen-bond acceptors (Lipinski definition) is 10. The lowest BCUT2D eigenvalue weighted by molar-refractivity contribution is 0.0973. The summed E-state index contributed by atoms with van der Waals surface area (Å²) < 4.78 is 6.95. The number of nitrogens with one attached hydrogen (secondary N) is 2. The van der Waals surface area contributed by atoms with Gasteiger partial charge < -0.3 is 30.8 Å². The van der Waals surface area contributed by atoms with E-state index >= 15 is 0 Å². The van der Waals surface area contributed by atoms with Gasteiger partial charge in [0, 0.05) is 35.6 Å². The molecule has 5 heterocycles. The second-order valence-corrected chi connectivity index (χ2v) is 12.0. The molecular weight excluding hydrogens is 582 g/mol. The summed E-state index contributed by atoms with van der Waals surface area (Å²) in [5.41, 5.74) is 5.20. The largest absolute Gasteiger partial charge is 0.493 e. The number of ether oxygens (including phenoxy) is 1. The number of carbonyl (C=O) groups excluding carboxylic acids is 1. The van der Waals surface area contributed by atoms with Gasteiger partial charge in [0.25, 0.3) is 17.0 Å². The number of aromatic hydroxyl groups is 1. The van der Waals surface area contributed by atoms with Gasteiger partial charge in [-0.05, 0) is 44.0 Å². The number of halogens is 1. The summed E-state index contributed by atoms with van der Waals surface area (Å²) in [5, 5.41) is 13.5. The highest BCUT2D eigenvalue weighted by molar-refractivity contribution is 7.99. The first kappa shape index (κ1) is 28.2. The smallest absolute Gasteiger partial charge is 0.291 e. The number of amides is 1. The predicted molar refractivity (Wildman–Crippen MR) is 159 cm³/mol. The number of aromatic nitrogens is 4. The van der Waals surface area contributed by atoms with Crippen LogP contribution in [0.2, 0.25) is 5.02 Å². The van der Waals surface area contributed by atoms with Crippen LogP contribution in [0.5, 0.6) is 5.88 Å². The summed E-state index contributed by atoms with van der Waals surface area (Å²) in [6, 6.07) is 9.73. The molecule has 2 fully saturated rings. The number of hydrogen-bond donors (Lipinski definition) is 4. The molecule has 6 rings (SSSR count). The van der Waals surface area contributed by atoms with Crippen LogP contribution in [0, 0.1) is 5.41 Å². The normalized spacial score (nSPS) is 19.8. The van der Waals surface area contributed by atoms with Crippen molar-refractivity contribution in [3.8, 4) is 5.88 Å². The van der Waals surface area contributed by atoms with Crippen LogP contribution < -0.4 is 27.1 Å². The Bertz CT molecular complexity index is 1800. The van der Waals surface area contributed by atoms with Crippen LogP contribution in [0.3, 0.4) is 0 Å². The SMILES string of the molecule is C[C@@H]1OCC2(CCN(c3ncc(Sc4cccc(NC(=O)c5c(O)nc6ccccn6c5=O)c4Cl)[nH]c3=O)CC2)[C@@H]1N. The van der Waals surface area contributed by atoms with Gasteiger partial charge in [0.05, 0.1) is 34.6 Å². The third kappa shape index (κ3) is 5.02. The minimum atomic E-state index is -0.866. The van der Waals surface area contributed by atoms with E-state index in [0.29, 0.717) is 35.4 Å². The van der Waals surface area contributed by atoms with Crippen LogP contribution in [0.1, 0.15) is 30.1 Å². The Labute approximate surface area is 248 Å². The third-order valence-corrected chi connectivity index (χ3v) is 9.53. The second kappa shape index (κ2) is 11.1. The van der Waals surface area contributed by atoms with E-state index in [9.17, 15) is 19.5 Å². The van der Waals surface area contributed by atoms with Gasteiger partial charge in [-0.3, -0.25) is 18.8 Å². The summed E-state index contributed by atoms with van der Waals surface area (Å²) in [7, 11) is 0. The summed E-state index contributed by atoms with van der Waals surface area (Å²) >= 11 is 7.77. The summed E-state index contributed by atoms with van der Waals surface area (Å²) in [6.45, 7) is 3.96. The van der Waals surface area contributed by atoms with Crippen molar-refractivity contribution in [1.29, 1.82) is 0 Å². The first-order valence-electron chi connectivity index (χ1n) is 13.4. The highest BCUT2D eigenvalue weighted by Gasteiger charge is 2.47. The maximum atomic E-state index is 13.0. The molecule has 0 bridgehead atoms. The zero-order valence-corrected chi connectivity index (χ0v) is 24.1. The van der Waals surface area contributed by atoms with Crippen molar-refractivity contribution < 1.29 is 14.6 Å². The van der Waals surface area contributed by atoms with E-state index in [2.05, 4.69) is 20.3 Å². The molecule has 0 saturated carbocycles. The summed E-state index contributed by atoms with van der Waals surface area (Å²) in [4.78, 5) is 52.6. The van der Waals surface area contributed by atoms with E-state index in [4.69, 9.17) is 22.1 Å². The molecule has 12 nitrogen and oxygen atoms in total. The van der Waals surface area contributed by atoms with Crippen LogP contribution in [0.4, 0.5) is 11.5 Å². The van der Waals surface area contributed by atoms with E-state index < -0.39 is 22.9 Å². The third-order valence-electron chi connectivity index (χ3n) is 8.02. The van der Waals surface area contributed by atoms with Crippen LogP contribution in [-0.2, 0) is 4.74 Å². The number of fused-ring (bicyclic) bond motifs is 1. The molecule has 5 N–H and O–H groups in total. The van der Waals surface area contributed by atoms with Crippen LogP contribution in [0.25, 0.3) is 5.65 Å². The van der Waals surface area contributed by atoms with E-state index in [-0.39, 0.29) is 39.5 Å². The Kier molecular flexibility index (Phi) is 7.43. The number of carbonyl (C=O) groups is 1. The second-order valence-electron chi connectivity index (χ2n) is 10.5. The van der Waals surface area contributed by atoms with E-state index in [1.54, 1.807) is 36.5 Å². The average molecular weight is 610 g/mol. The van der Waals surface area contributed by atoms with Crippen LogP contribution in [-0.4, -0.2) is 62.2 Å². The van der Waals surface area contributed by atoms with Gasteiger partial charge in [-0.25, -0.2) is 4.98 Å². The highest BCUT2D eigenvalue weighted by atomic mass is 35.5. The maximum absolute atomic E-state index is 13.0. The number of H-pyrrole nitrogens is 1. The quantitative estimate of drug-likeness (QED) is 0.264. The molecular formula is C28H28ClN7O5S. The minimum absolute atomic E-state index is 0.0221. The number of aromatic amines is 1. The Hall–Kier alpha value is -3.91. The zero-order valence-electron chi connectivity index (χ0n) is 22.5. The Morgan fingerprint density at radius 2 is 2.02 bits per heavy atom. The molecule has 14 heteroatoms. The molecule has 0 unspecified atom stereocenters. The van der Waals surface area contributed by atoms with Crippen molar-refractivity contribution in [3.63, 3.8) is 0 Å². The molecule has 3 aromatic heterocycles. The number of benzene rings is 1. The predicted octanol–water partition coefficient (Wildman–Crippen LogP) is 2.87. The number of nitrogens with zero attached hydrogens (tertiary/aromatic N) is 4. The Morgan fingerprint density at radius 3 is 2.74 bits per heavy atom. The van der Waals surface area contributed by atoms with Crippen LogP contribution in [0.15, 0.2) is 68.3 Å². The van der Waals surface area contributed by atoms with Crippen molar-refractivity contribution in [2.45, 2.75) is 41.8 Å². The molecule has 2 saturated heterocycles. The standard InChI is InChI=1S/C28H28ClN7O5S/c1-15-22(30)28(14-41-15)8-11-35(12-9-28)23-26(39)34-19(13-31-23)42-17-6-4-5-16(21(17)29)32-24(37)20-25(38)33-18-7-2-3-10-36(18)27(20)40/h2-7,10,13,15,22,38H,8-9,11-12,14,30H2,1H3,(H,32,37)(H,34,39)/t15-,22+/m0/s1. The number of pyridine rings is 1. The highest BCUT2D eigenvalue weighted by Crippen LogP contribution is 2.41. The molecule has 0 radical (unpaired) electrons. The van der Waals surface area contributed by atoms with E-state index in [1.165, 1.54) is 12.3 Å². The van der Waals surface area contributed by atoms with Gasteiger partial charge in [0.1, 0.15) is 5.65 Å². The molecule has 4 aromatic rings. The fourth-order valence-corrected chi connectivity index (χ4v) is 6.68. The van der Waals surface area contributed by atoms with Gasteiger partial charge in [-0.15, -0.1) is 0 Å². The molecule has 0 aliphatic carbocycles. The lowest BCUT2D eigenvalue weighted by Crippen LogP contribution is -2.51. The summed E-state index contributed by atoms with van der Waals surface area (Å²) in [5.74, 6) is -1.21. The number of piperidine rings is 1. The lowest BCUT2D eigenvalue weighted by Gasteiger charge is -2.41. The van der Waals surface area contributed by atoms with Gasteiger partial charge in [0.15, 0.2) is 11.4 Å². The average Bonchev–Trinajstić information content (AvgIpc) is 3.24. The Morgan fingerprint density at radius 1 is 1.24 bits per heavy atom. The van der Waals surface area contributed by atoms with E-state index in [0.717, 1.165) is 29.0 Å². The number of rotatable bonds is 5. The minimum Gasteiger partial charge on any atom is -0.493 e. The van der Waals surface area contributed by atoms with Crippen molar-refractivity contribution in [2.75, 3.05) is 29.9 Å².